The van der Waals surface area contributed by atoms with Gasteiger partial charge in [-0.05, 0) is 48.7 Å². The maximum absolute atomic E-state index is 12.7. The van der Waals surface area contributed by atoms with Crippen LogP contribution in [0, 0.1) is 0 Å². The summed E-state index contributed by atoms with van der Waals surface area (Å²) in [5.41, 5.74) is 3.10. The lowest BCUT2D eigenvalue weighted by molar-refractivity contribution is -0.139. The van der Waals surface area contributed by atoms with Crippen LogP contribution in [0.5, 0.6) is 5.75 Å². The number of amides is 3. The Morgan fingerprint density at radius 3 is 2.74 bits per heavy atom. The fourth-order valence-corrected chi connectivity index (χ4v) is 3.83. The van der Waals surface area contributed by atoms with E-state index < -0.39 is 0 Å². The predicted molar refractivity (Wildman–Crippen MR) is 103 cm³/mol. The van der Waals surface area contributed by atoms with E-state index in [1.807, 2.05) is 36.1 Å². The smallest absolute Gasteiger partial charge is 0.322 e. The van der Waals surface area contributed by atoms with E-state index in [-0.39, 0.29) is 24.5 Å². The molecular weight excluding hydrogens is 342 g/mol. The van der Waals surface area contributed by atoms with E-state index >= 15 is 0 Å². The largest absolute Gasteiger partial charge is 0.494 e. The Hall–Kier alpha value is -3.02. The lowest BCUT2D eigenvalue weighted by Crippen LogP contribution is -2.56. The van der Waals surface area contributed by atoms with Gasteiger partial charge in [0, 0.05) is 18.8 Å². The van der Waals surface area contributed by atoms with Crippen LogP contribution in [0.3, 0.4) is 0 Å². The molecule has 0 saturated carbocycles. The number of urea groups is 1. The third-order valence-corrected chi connectivity index (χ3v) is 5.16. The Bertz CT molecular complexity index is 850. The normalized spacial score (nSPS) is 18.6. The number of fused-ring (bicyclic) bond motifs is 3. The Balaban J connectivity index is 1.48. The molecule has 1 saturated heterocycles. The van der Waals surface area contributed by atoms with Crippen LogP contribution in [0.1, 0.15) is 24.1 Å². The van der Waals surface area contributed by atoms with Gasteiger partial charge in [0.15, 0.2) is 0 Å². The van der Waals surface area contributed by atoms with Gasteiger partial charge in [-0.25, -0.2) is 4.79 Å². The minimum absolute atomic E-state index is 0.00240. The van der Waals surface area contributed by atoms with Crippen LogP contribution in [0.15, 0.2) is 48.5 Å². The molecule has 0 radical (unpaired) electrons. The first-order valence-corrected chi connectivity index (χ1v) is 9.31. The molecule has 0 aromatic heterocycles. The second-order valence-electron chi connectivity index (χ2n) is 6.82. The zero-order valence-electron chi connectivity index (χ0n) is 15.4. The Morgan fingerprint density at radius 2 is 1.96 bits per heavy atom. The number of hydrogen-bond donors (Lipinski definition) is 1. The highest BCUT2D eigenvalue weighted by Gasteiger charge is 2.38. The minimum atomic E-state index is -0.254. The third kappa shape index (κ3) is 3.47. The van der Waals surface area contributed by atoms with Crippen molar-refractivity contribution in [2.75, 3.05) is 31.6 Å². The van der Waals surface area contributed by atoms with E-state index in [4.69, 9.17) is 4.74 Å². The molecule has 1 fully saturated rings. The molecule has 1 N–H and O–H groups in total. The number of nitrogens with zero attached hydrogens (tertiary/aromatic N) is 2. The molecule has 2 aliphatic rings. The summed E-state index contributed by atoms with van der Waals surface area (Å²) >= 11 is 0. The minimum Gasteiger partial charge on any atom is -0.494 e. The Kier molecular flexibility index (Phi) is 4.71. The molecule has 0 aliphatic carbocycles. The summed E-state index contributed by atoms with van der Waals surface area (Å²) in [5, 5.41) is 2.88. The molecule has 0 bridgehead atoms. The highest BCUT2D eigenvalue weighted by Crippen LogP contribution is 2.33. The van der Waals surface area contributed by atoms with Gasteiger partial charge >= 0.3 is 6.03 Å². The van der Waals surface area contributed by atoms with Gasteiger partial charge in [0.1, 0.15) is 12.3 Å². The van der Waals surface area contributed by atoms with Crippen LogP contribution >= 0.6 is 0 Å². The van der Waals surface area contributed by atoms with Gasteiger partial charge in [0.2, 0.25) is 5.91 Å². The lowest BCUT2D eigenvalue weighted by Gasteiger charge is -2.44. The van der Waals surface area contributed by atoms with Crippen molar-refractivity contribution >= 4 is 17.6 Å². The van der Waals surface area contributed by atoms with Gasteiger partial charge in [-0.15, -0.1) is 0 Å². The number of anilines is 1. The fraction of sp³-hybridized carbons (Fsp3) is 0.333. The summed E-state index contributed by atoms with van der Waals surface area (Å²) in [6.07, 6.45) is 0.872. The van der Waals surface area contributed by atoms with Crippen molar-refractivity contribution in [2.24, 2.45) is 0 Å². The van der Waals surface area contributed by atoms with Crippen LogP contribution in [-0.2, 0) is 11.2 Å². The van der Waals surface area contributed by atoms with Crippen LogP contribution in [0.25, 0.3) is 0 Å². The van der Waals surface area contributed by atoms with E-state index in [2.05, 4.69) is 17.4 Å². The molecule has 2 aliphatic heterocycles. The SMILES string of the molecule is CCOc1ccc(NC(=O)N2CC(=O)N3CCc4ccccc4C3C2)cc1. The van der Waals surface area contributed by atoms with Crippen molar-refractivity contribution in [3.05, 3.63) is 59.7 Å². The number of nitrogens with one attached hydrogen (secondary N) is 1. The molecule has 140 valence electrons. The lowest BCUT2D eigenvalue weighted by atomic mass is 9.91. The maximum Gasteiger partial charge on any atom is 0.322 e. The number of piperazine rings is 1. The highest BCUT2D eigenvalue weighted by molar-refractivity contribution is 5.93. The number of carbonyl (C=O) groups excluding carboxylic acids is 2. The molecular formula is C21H23N3O3. The van der Waals surface area contributed by atoms with Crippen molar-refractivity contribution < 1.29 is 14.3 Å². The van der Waals surface area contributed by atoms with E-state index in [1.165, 1.54) is 5.56 Å². The van der Waals surface area contributed by atoms with E-state index in [9.17, 15) is 9.59 Å². The third-order valence-electron chi connectivity index (χ3n) is 5.16. The first kappa shape index (κ1) is 17.4. The van der Waals surface area contributed by atoms with Gasteiger partial charge in [-0.2, -0.15) is 0 Å². The zero-order valence-corrected chi connectivity index (χ0v) is 15.4. The average molecular weight is 365 g/mol. The van der Waals surface area contributed by atoms with Gasteiger partial charge in [-0.3, -0.25) is 4.79 Å². The number of carbonyl (C=O) groups is 2. The number of benzene rings is 2. The summed E-state index contributed by atoms with van der Waals surface area (Å²) in [5.74, 6) is 0.765. The first-order valence-electron chi connectivity index (χ1n) is 9.31. The van der Waals surface area contributed by atoms with E-state index in [0.29, 0.717) is 18.8 Å². The van der Waals surface area contributed by atoms with Crippen LogP contribution in [-0.4, -0.2) is 48.0 Å². The summed E-state index contributed by atoms with van der Waals surface area (Å²) < 4.78 is 5.42. The van der Waals surface area contributed by atoms with Crippen LogP contribution in [0.4, 0.5) is 10.5 Å². The number of hydrogen-bond acceptors (Lipinski definition) is 3. The first-order chi connectivity index (χ1) is 13.2. The molecule has 6 heteroatoms. The molecule has 27 heavy (non-hydrogen) atoms. The fourth-order valence-electron chi connectivity index (χ4n) is 3.83. The highest BCUT2D eigenvalue weighted by atomic mass is 16.5. The summed E-state index contributed by atoms with van der Waals surface area (Å²) in [6.45, 7) is 3.86. The van der Waals surface area contributed by atoms with Gasteiger partial charge < -0.3 is 19.9 Å². The summed E-state index contributed by atoms with van der Waals surface area (Å²) in [4.78, 5) is 28.8. The van der Waals surface area contributed by atoms with Crippen molar-refractivity contribution in [3.63, 3.8) is 0 Å². The summed E-state index contributed by atoms with van der Waals surface area (Å²) in [6, 6.07) is 15.1. The summed E-state index contributed by atoms with van der Waals surface area (Å²) in [7, 11) is 0. The van der Waals surface area contributed by atoms with Crippen molar-refractivity contribution in [1.29, 1.82) is 0 Å². The quantitative estimate of drug-likeness (QED) is 0.909. The van der Waals surface area contributed by atoms with E-state index in [1.54, 1.807) is 17.0 Å². The van der Waals surface area contributed by atoms with Gasteiger partial charge in [0.25, 0.3) is 0 Å². The van der Waals surface area contributed by atoms with Crippen molar-refractivity contribution in [3.8, 4) is 5.75 Å². The second kappa shape index (κ2) is 7.31. The Morgan fingerprint density at radius 1 is 1.19 bits per heavy atom. The van der Waals surface area contributed by atoms with Crippen molar-refractivity contribution in [1.82, 2.24) is 9.80 Å². The molecule has 2 aromatic carbocycles. The van der Waals surface area contributed by atoms with Crippen LogP contribution in [0.2, 0.25) is 0 Å². The number of ether oxygens (including phenoxy) is 1. The van der Waals surface area contributed by atoms with Crippen molar-refractivity contribution in [2.45, 2.75) is 19.4 Å². The molecule has 3 amide bonds. The molecule has 4 rings (SSSR count). The standard InChI is InChI=1S/C21H23N3O3/c1-2-27-17-9-7-16(8-10-17)22-21(26)23-13-19-18-6-4-3-5-15(18)11-12-24(19)20(25)14-23/h3-10,19H,2,11-14H2,1H3,(H,22,26). The molecule has 1 unspecified atom stereocenters. The van der Waals surface area contributed by atoms with E-state index in [0.717, 1.165) is 24.3 Å². The molecule has 1 atom stereocenters. The average Bonchev–Trinajstić information content (AvgIpc) is 2.69. The number of rotatable bonds is 3. The predicted octanol–water partition coefficient (Wildman–Crippen LogP) is 3.06. The second-order valence-corrected chi connectivity index (χ2v) is 6.82. The maximum atomic E-state index is 12.7. The monoisotopic (exact) mass is 365 g/mol. The molecule has 0 spiro atoms. The Labute approximate surface area is 158 Å². The molecule has 6 nitrogen and oxygen atoms in total. The molecule has 2 aromatic rings. The molecule has 2 heterocycles. The van der Waals surface area contributed by atoms with Gasteiger partial charge in [0.05, 0.1) is 12.6 Å². The van der Waals surface area contributed by atoms with Crippen LogP contribution < -0.4 is 10.1 Å². The zero-order chi connectivity index (χ0) is 18.8. The van der Waals surface area contributed by atoms with Gasteiger partial charge in [-0.1, -0.05) is 24.3 Å². The topological polar surface area (TPSA) is 61.9 Å².